The number of rotatable bonds is 6. The molecule has 5 rings (SSSR count). The Hall–Kier alpha value is -3.69. The number of hydrogen-bond donors (Lipinski definition) is 4. The Kier molecular flexibility index (Phi) is 5.82. The van der Waals surface area contributed by atoms with Crippen molar-refractivity contribution in [3.63, 3.8) is 0 Å². The maximum Gasteiger partial charge on any atom is 0.352 e. The van der Waals surface area contributed by atoms with Crippen LogP contribution in [0, 0.1) is 0 Å². The predicted octanol–water partition coefficient (Wildman–Crippen LogP) is 0.494. The second kappa shape index (κ2) is 8.83. The number of nitrogens with two attached hydrogens (primary N) is 1. The van der Waals surface area contributed by atoms with Crippen molar-refractivity contribution in [1.82, 2.24) is 19.6 Å². The number of aryl methyl sites for hydroxylation is 1. The number of anilines is 1. The molecule has 12 nitrogen and oxygen atoms in total. The lowest BCUT2D eigenvalue weighted by Crippen LogP contribution is -2.71. The molecule has 2 atom stereocenters. The van der Waals surface area contributed by atoms with E-state index in [0.717, 1.165) is 21.9 Å². The van der Waals surface area contributed by atoms with Crippen molar-refractivity contribution in [2.24, 2.45) is 12.2 Å². The van der Waals surface area contributed by atoms with Crippen molar-refractivity contribution in [2.75, 3.05) is 11.5 Å². The number of carbonyl (C=O) groups is 3. The second-order valence-electron chi connectivity index (χ2n) is 7.67. The molecule has 0 radical (unpaired) electrons. The number of imidazole rings is 1. The highest BCUT2D eigenvalue weighted by atomic mass is 32.2. The lowest BCUT2D eigenvalue weighted by Gasteiger charge is -2.49. The van der Waals surface area contributed by atoms with Gasteiger partial charge in [0.15, 0.2) is 10.8 Å². The number of carboxylic acids is 1. The van der Waals surface area contributed by atoms with Crippen LogP contribution in [0.4, 0.5) is 5.13 Å². The Labute approximate surface area is 209 Å². The van der Waals surface area contributed by atoms with Gasteiger partial charge in [0, 0.05) is 16.5 Å². The number of nitrogens with one attached hydrogen (secondary N) is 1. The van der Waals surface area contributed by atoms with Crippen LogP contribution in [0.1, 0.15) is 11.4 Å². The van der Waals surface area contributed by atoms with Crippen LogP contribution in [0.3, 0.4) is 0 Å². The lowest BCUT2D eigenvalue weighted by molar-refractivity contribution is -0.669. The lowest BCUT2D eigenvalue weighted by atomic mass is 10.0. The van der Waals surface area contributed by atoms with Crippen LogP contribution in [0.25, 0.3) is 10.9 Å². The molecule has 0 saturated carbocycles. The summed E-state index contributed by atoms with van der Waals surface area (Å²) in [6, 6.07) is -0.975. The monoisotopic (exact) mass is 532 g/mol. The number of allylic oxidation sites excluding steroid dienone is 1. The number of aromatic nitrogens is 3. The molecule has 5 N–H and O–H groups in total. The van der Waals surface area contributed by atoms with Crippen molar-refractivity contribution in [3.8, 4) is 0 Å². The molecule has 180 valence electrons. The number of carbonyl (C=O) groups excluding carboxylic acids is 2. The molecule has 3 aromatic heterocycles. The number of oxime groups is 1. The molecule has 0 unspecified atom stereocenters. The van der Waals surface area contributed by atoms with Crippen LogP contribution >= 0.6 is 34.4 Å². The van der Waals surface area contributed by atoms with E-state index in [1.54, 1.807) is 17.4 Å². The highest BCUT2D eigenvalue weighted by Crippen LogP contribution is 2.41. The molecule has 0 spiro atoms. The zero-order chi connectivity index (χ0) is 24.9. The normalized spacial score (nSPS) is 20.4. The van der Waals surface area contributed by atoms with Gasteiger partial charge in [-0.2, -0.15) is 4.40 Å². The molecule has 0 aliphatic carbocycles. The fourth-order valence-corrected chi connectivity index (χ4v) is 6.66. The molecule has 2 amide bonds. The summed E-state index contributed by atoms with van der Waals surface area (Å²) in [6.45, 7) is 0. The van der Waals surface area contributed by atoms with E-state index in [1.807, 2.05) is 40.0 Å². The Bertz CT molecular complexity index is 1470. The average Bonchev–Trinajstić information content (AvgIpc) is 3.51. The summed E-state index contributed by atoms with van der Waals surface area (Å²) in [5.41, 5.74) is 6.51. The van der Waals surface area contributed by atoms with E-state index in [9.17, 15) is 24.7 Å². The van der Waals surface area contributed by atoms with Gasteiger partial charge < -0.3 is 21.4 Å². The zero-order valence-corrected chi connectivity index (χ0v) is 20.4. The summed E-state index contributed by atoms with van der Waals surface area (Å²) in [4.78, 5) is 43.7. The van der Waals surface area contributed by atoms with Gasteiger partial charge in [-0.15, -0.1) is 23.1 Å². The molecule has 15 heteroatoms. The molecule has 0 aromatic carbocycles. The molecule has 3 aromatic rings. The molecule has 5 heterocycles. The number of β-lactam (4-membered cyclic amide) rings is 1. The van der Waals surface area contributed by atoms with E-state index < -0.39 is 29.2 Å². The SMILES string of the molecule is C[n+]1cc2scc(/C=C/C3=C(C(=O)O)N4C(=O)[C@@H](NC(=O)/C(=N\O)c5csc(N)n5)[C@H]4SC3)n2c1. The van der Waals surface area contributed by atoms with Crippen LogP contribution in [-0.4, -0.2) is 65.3 Å². The van der Waals surface area contributed by atoms with E-state index in [1.165, 1.54) is 22.0 Å². The van der Waals surface area contributed by atoms with Gasteiger partial charge in [-0.3, -0.25) is 14.5 Å². The van der Waals surface area contributed by atoms with Crippen LogP contribution < -0.4 is 15.6 Å². The van der Waals surface area contributed by atoms with Gasteiger partial charge in [-0.1, -0.05) is 22.6 Å². The third-order valence-electron chi connectivity index (χ3n) is 5.45. The maximum atomic E-state index is 12.9. The van der Waals surface area contributed by atoms with Gasteiger partial charge in [-0.05, 0) is 11.6 Å². The summed E-state index contributed by atoms with van der Waals surface area (Å²) in [5.74, 6) is -2.28. The topological polar surface area (TPSA) is 167 Å². The number of nitrogens with zero attached hydrogens (tertiary/aromatic N) is 5. The number of amides is 2. The van der Waals surface area contributed by atoms with Gasteiger partial charge in [0.05, 0.1) is 7.05 Å². The van der Waals surface area contributed by atoms with Gasteiger partial charge in [-0.25, -0.2) is 14.3 Å². The molecule has 2 aliphatic rings. The highest BCUT2D eigenvalue weighted by molar-refractivity contribution is 8.00. The summed E-state index contributed by atoms with van der Waals surface area (Å²) >= 11 is 3.96. The van der Waals surface area contributed by atoms with Gasteiger partial charge >= 0.3 is 5.97 Å². The largest absolute Gasteiger partial charge is 0.477 e. The van der Waals surface area contributed by atoms with Gasteiger partial charge in [0.2, 0.25) is 11.2 Å². The molecule has 35 heavy (non-hydrogen) atoms. The van der Waals surface area contributed by atoms with E-state index >= 15 is 0 Å². The zero-order valence-electron chi connectivity index (χ0n) is 18.0. The number of hydrogen-bond acceptors (Lipinski definition) is 10. The fourth-order valence-electron chi connectivity index (χ4n) is 3.86. The van der Waals surface area contributed by atoms with E-state index in [-0.39, 0.29) is 22.2 Å². The van der Waals surface area contributed by atoms with Crippen LogP contribution in [-0.2, 0) is 21.4 Å². The van der Waals surface area contributed by atoms with Crippen molar-refractivity contribution < 1.29 is 29.3 Å². The number of thiazole rings is 2. The van der Waals surface area contributed by atoms with Crippen LogP contribution in [0.15, 0.2) is 45.8 Å². The first-order valence-corrected chi connectivity index (χ1v) is 12.9. The summed E-state index contributed by atoms with van der Waals surface area (Å²) in [6.07, 6.45) is 7.42. The van der Waals surface area contributed by atoms with Crippen LogP contribution in [0.2, 0.25) is 0 Å². The number of fused-ring (bicyclic) bond motifs is 2. The molecular weight excluding hydrogens is 514 g/mol. The van der Waals surface area contributed by atoms with Crippen LogP contribution in [0.5, 0.6) is 0 Å². The van der Waals surface area contributed by atoms with Crippen molar-refractivity contribution in [1.29, 1.82) is 0 Å². The summed E-state index contributed by atoms with van der Waals surface area (Å²) in [5, 5.41) is 27.6. The van der Waals surface area contributed by atoms with Gasteiger partial charge in [0.25, 0.3) is 11.8 Å². The Morgan fingerprint density at radius 2 is 2.14 bits per heavy atom. The molecule has 2 aliphatic heterocycles. The van der Waals surface area contributed by atoms with Crippen molar-refractivity contribution in [3.05, 3.63) is 52.0 Å². The quantitative estimate of drug-likeness (QED) is 0.117. The second-order valence-corrected chi connectivity index (χ2v) is 10.6. The van der Waals surface area contributed by atoms with Gasteiger partial charge in [0.1, 0.15) is 34.7 Å². The number of carboxylic acid groups (broad SMARTS) is 1. The Morgan fingerprint density at radius 3 is 2.83 bits per heavy atom. The minimum absolute atomic E-state index is 0.0739. The Balaban J connectivity index is 1.36. The fraction of sp³-hybridized carbons (Fsp3) is 0.200. The third-order valence-corrected chi connectivity index (χ3v) is 8.33. The van der Waals surface area contributed by atoms with E-state index in [2.05, 4.69) is 15.5 Å². The number of thioether (sulfide) groups is 1. The molecule has 0 bridgehead atoms. The van der Waals surface area contributed by atoms with E-state index in [0.29, 0.717) is 11.3 Å². The van der Waals surface area contributed by atoms with Crippen molar-refractivity contribution in [2.45, 2.75) is 11.4 Å². The first-order chi connectivity index (χ1) is 16.8. The highest BCUT2D eigenvalue weighted by Gasteiger charge is 2.54. The first kappa shape index (κ1) is 23.1. The predicted molar refractivity (Wildman–Crippen MR) is 130 cm³/mol. The van der Waals surface area contributed by atoms with Crippen molar-refractivity contribution >= 4 is 74.0 Å². The smallest absolute Gasteiger partial charge is 0.352 e. The minimum Gasteiger partial charge on any atom is -0.477 e. The maximum absolute atomic E-state index is 12.9. The van der Waals surface area contributed by atoms with E-state index in [4.69, 9.17) is 5.73 Å². The third kappa shape index (κ3) is 3.96. The number of aliphatic carboxylic acids is 1. The minimum atomic E-state index is -1.23. The summed E-state index contributed by atoms with van der Waals surface area (Å²) in [7, 11) is 1.92. The first-order valence-electron chi connectivity index (χ1n) is 10.1. The summed E-state index contributed by atoms with van der Waals surface area (Å²) < 4.78 is 3.91. The molecule has 1 saturated heterocycles. The Morgan fingerprint density at radius 1 is 1.34 bits per heavy atom. The average molecular weight is 533 g/mol. The molecule has 1 fully saturated rings. The molecular formula is C20H18N7O5S3+. The standard InChI is InChI=1S/C20H17N7O5S3/c1-25-4-12-26(8-25)10(6-33-12)3-2-9-5-34-18-14(17(29)27(18)15(9)19(30)31)23-16(28)13(24-32)11-7-35-20(21)22-11/h2-4,6-8,14,18H,5H2,1H3,(H4-,21,22,23,28,30,31,32)/p+1/b3-2+/t14-,18-/m1/s1. The number of nitrogen functional groups attached to an aromatic ring is 1.